The summed E-state index contributed by atoms with van der Waals surface area (Å²) in [5.41, 5.74) is 1.77. The van der Waals surface area contributed by atoms with Gasteiger partial charge in [-0.25, -0.2) is 0 Å². The van der Waals surface area contributed by atoms with Crippen LogP contribution < -0.4 is 14.5 Å². The van der Waals surface area contributed by atoms with E-state index in [9.17, 15) is 14.9 Å². The maximum absolute atomic E-state index is 14.6. The van der Waals surface area contributed by atoms with Crippen LogP contribution in [0.2, 0.25) is 0 Å². The lowest BCUT2D eigenvalue weighted by atomic mass is 9.68. The molecule has 0 atom stereocenters. The van der Waals surface area contributed by atoms with E-state index in [2.05, 4.69) is 15.9 Å². The number of methoxy groups -OCH3 is 1. The van der Waals surface area contributed by atoms with Crippen molar-refractivity contribution in [1.29, 1.82) is 0 Å². The van der Waals surface area contributed by atoms with Crippen molar-refractivity contribution in [3.8, 4) is 5.75 Å². The van der Waals surface area contributed by atoms with Crippen LogP contribution in [0, 0.1) is 10.1 Å². The second kappa shape index (κ2) is 12.5. The van der Waals surface area contributed by atoms with E-state index >= 15 is 0 Å². The van der Waals surface area contributed by atoms with Gasteiger partial charge >= 0.3 is 0 Å². The van der Waals surface area contributed by atoms with Crippen molar-refractivity contribution >= 4 is 23.0 Å². The third kappa shape index (κ3) is 5.68. The molecule has 210 valence electrons. The van der Waals surface area contributed by atoms with Crippen LogP contribution in [0.4, 0.5) is 17.1 Å². The number of nitro groups is 1. The molecule has 40 heavy (non-hydrogen) atoms. The topological polar surface area (TPSA) is 79.2 Å². The van der Waals surface area contributed by atoms with Crippen molar-refractivity contribution in [2.24, 2.45) is 0 Å². The SMILES string of the molecule is COc1ccccc1N1CCN(CCN(C(=O)C2(c3ccccc3)CCCCC2)c2ccccc2[N+](=O)[O-])CC1. The molecule has 1 saturated heterocycles. The van der Waals surface area contributed by atoms with Crippen LogP contribution in [0.5, 0.6) is 5.75 Å². The molecule has 1 saturated carbocycles. The molecule has 1 heterocycles. The summed E-state index contributed by atoms with van der Waals surface area (Å²) in [7, 11) is 1.69. The minimum Gasteiger partial charge on any atom is -0.495 e. The second-order valence-electron chi connectivity index (χ2n) is 10.7. The van der Waals surface area contributed by atoms with E-state index in [4.69, 9.17) is 4.74 Å². The molecule has 0 unspecified atom stereocenters. The van der Waals surface area contributed by atoms with Crippen molar-refractivity contribution in [1.82, 2.24) is 4.90 Å². The standard InChI is InChI=1S/C32H38N4O4/c1-40-30-17-9-8-16-29(30)34-23-20-33(21-24-34)22-25-35(27-14-6-7-15-28(27)36(38)39)31(37)32(18-10-3-11-19-32)26-12-4-2-5-13-26/h2,4-9,12-17H,3,10-11,18-25H2,1H3. The Labute approximate surface area is 236 Å². The number of hydrogen-bond acceptors (Lipinski definition) is 6. The van der Waals surface area contributed by atoms with Gasteiger partial charge < -0.3 is 14.5 Å². The fourth-order valence-electron chi connectivity index (χ4n) is 6.32. The van der Waals surface area contributed by atoms with Crippen LogP contribution in [0.3, 0.4) is 0 Å². The number of benzene rings is 3. The fourth-order valence-corrected chi connectivity index (χ4v) is 6.32. The minimum atomic E-state index is -0.675. The lowest BCUT2D eigenvalue weighted by Crippen LogP contribution is -2.52. The molecule has 0 bridgehead atoms. The van der Waals surface area contributed by atoms with Crippen LogP contribution in [0.25, 0.3) is 0 Å². The summed E-state index contributed by atoms with van der Waals surface area (Å²) < 4.78 is 5.56. The summed E-state index contributed by atoms with van der Waals surface area (Å²) in [6, 6.07) is 24.7. The average molecular weight is 543 g/mol. The van der Waals surface area contributed by atoms with Crippen molar-refractivity contribution in [2.45, 2.75) is 37.5 Å². The molecule has 2 aliphatic rings. The Kier molecular flexibility index (Phi) is 8.65. The Morgan fingerprint density at radius 3 is 2.25 bits per heavy atom. The number of hydrogen-bond donors (Lipinski definition) is 0. The van der Waals surface area contributed by atoms with E-state index in [0.717, 1.165) is 75.3 Å². The number of para-hydroxylation sites is 4. The van der Waals surface area contributed by atoms with Gasteiger partial charge in [0.15, 0.2) is 0 Å². The first-order chi connectivity index (χ1) is 19.5. The Hall–Kier alpha value is -3.91. The zero-order valence-corrected chi connectivity index (χ0v) is 23.2. The number of ether oxygens (including phenoxy) is 1. The highest BCUT2D eigenvalue weighted by Gasteiger charge is 2.45. The zero-order chi connectivity index (χ0) is 28.0. The van der Waals surface area contributed by atoms with Crippen LogP contribution in [0.1, 0.15) is 37.7 Å². The van der Waals surface area contributed by atoms with Gasteiger partial charge in [-0.2, -0.15) is 0 Å². The number of carbonyl (C=O) groups is 1. The van der Waals surface area contributed by atoms with Crippen molar-refractivity contribution in [3.63, 3.8) is 0 Å². The van der Waals surface area contributed by atoms with Gasteiger partial charge in [0.05, 0.1) is 23.1 Å². The maximum Gasteiger partial charge on any atom is 0.292 e. The van der Waals surface area contributed by atoms with Gasteiger partial charge in [0.2, 0.25) is 5.91 Å². The maximum atomic E-state index is 14.6. The Bertz CT molecular complexity index is 1300. The molecule has 0 spiro atoms. The molecule has 8 heteroatoms. The van der Waals surface area contributed by atoms with Gasteiger partial charge in [0.1, 0.15) is 11.4 Å². The summed E-state index contributed by atoms with van der Waals surface area (Å²) in [5.74, 6) is 0.836. The van der Waals surface area contributed by atoms with E-state index in [0.29, 0.717) is 18.8 Å². The van der Waals surface area contributed by atoms with Crippen LogP contribution in [0.15, 0.2) is 78.9 Å². The lowest BCUT2D eigenvalue weighted by molar-refractivity contribution is -0.384. The van der Waals surface area contributed by atoms with Crippen molar-refractivity contribution < 1.29 is 14.5 Å². The summed E-state index contributed by atoms with van der Waals surface area (Å²) in [4.78, 5) is 32.7. The number of piperazine rings is 1. The van der Waals surface area contributed by atoms with Gasteiger partial charge in [-0.3, -0.25) is 19.8 Å². The van der Waals surface area contributed by atoms with E-state index in [1.54, 1.807) is 30.2 Å². The Morgan fingerprint density at radius 1 is 0.900 bits per heavy atom. The molecule has 8 nitrogen and oxygen atoms in total. The molecule has 1 amide bonds. The van der Waals surface area contributed by atoms with Gasteiger partial charge in [0, 0.05) is 45.3 Å². The van der Waals surface area contributed by atoms with Gasteiger partial charge in [-0.15, -0.1) is 0 Å². The first-order valence-electron chi connectivity index (χ1n) is 14.2. The number of amides is 1. The molecule has 0 N–H and O–H groups in total. The third-order valence-corrected chi connectivity index (χ3v) is 8.50. The Balaban J connectivity index is 1.39. The summed E-state index contributed by atoms with van der Waals surface area (Å²) in [5, 5.41) is 12.0. The van der Waals surface area contributed by atoms with Crippen molar-refractivity contribution in [3.05, 3.63) is 94.5 Å². The fraction of sp³-hybridized carbons (Fsp3) is 0.406. The van der Waals surface area contributed by atoms with E-state index in [1.807, 2.05) is 48.5 Å². The van der Waals surface area contributed by atoms with Crippen LogP contribution in [-0.2, 0) is 10.2 Å². The highest BCUT2D eigenvalue weighted by Crippen LogP contribution is 2.43. The van der Waals surface area contributed by atoms with Crippen molar-refractivity contribution in [2.75, 3.05) is 56.2 Å². The third-order valence-electron chi connectivity index (χ3n) is 8.50. The van der Waals surface area contributed by atoms with Gasteiger partial charge in [-0.1, -0.05) is 73.9 Å². The first-order valence-corrected chi connectivity index (χ1v) is 14.2. The molecule has 3 aromatic carbocycles. The molecule has 3 aromatic rings. The summed E-state index contributed by atoms with van der Waals surface area (Å²) in [6.45, 7) is 4.39. The number of rotatable bonds is 9. The van der Waals surface area contributed by atoms with E-state index in [-0.39, 0.29) is 16.5 Å². The number of nitro benzene ring substituents is 1. The summed E-state index contributed by atoms with van der Waals surface area (Å²) in [6.07, 6.45) is 4.55. The van der Waals surface area contributed by atoms with E-state index in [1.165, 1.54) is 6.07 Å². The quantitative estimate of drug-likeness (QED) is 0.256. The number of nitrogens with zero attached hydrogens (tertiary/aromatic N) is 4. The van der Waals surface area contributed by atoms with Gasteiger partial charge in [-0.05, 0) is 36.6 Å². The summed E-state index contributed by atoms with van der Waals surface area (Å²) >= 11 is 0. The molecular weight excluding hydrogens is 504 g/mol. The molecule has 1 aliphatic carbocycles. The monoisotopic (exact) mass is 542 g/mol. The Morgan fingerprint density at radius 2 is 1.55 bits per heavy atom. The second-order valence-corrected chi connectivity index (χ2v) is 10.7. The molecule has 2 fully saturated rings. The predicted octanol–water partition coefficient (Wildman–Crippen LogP) is 5.66. The van der Waals surface area contributed by atoms with Crippen LogP contribution in [-0.4, -0.2) is 62.1 Å². The largest absolute Gasteiger partial charge is 0.495 e. The number of anilines is 2. The smallest absolute Gasteiger partial charge is 0.292 e. The molecular formula is C32H38N4O4. The molecule has 5 rings (SSSR count). The molecule has 0 aromatic heterocycles. The number of carbonyl (C=O) groups excluding carboxylic acids is 1. The highest BCUT2D eigenvalue weighted by atomic mass is 16.6. The zero-order valence-electron chi connectivity index (χ0n) is 23.2. The lowest BCUT2D eigenvalue weighted by Gasteiger charge is -2.41. The highest BCUT2D eigenvalue weighted by molar-refractivity contribution is 6.02. The van der Waals surface area contributed by atoms with E-state index < -0.39 is 5.41 Å². The average Bonchev–Trinajstić information content (AvgIpc) is 3.02. The molecule has 0 radical (unpaired) electrons. The minimum absolute atomic E-state index is 0.0274. The normalized spacial score (nSPS) is 17.3. The van der Waals surface area contributed by atoms with Crippen LogP contribution >= 0.6 is 0 Å². The first kappa shape index (κ1) is 27.6. The molecule has 1 aliphatic heterocycles. The predicted molar refractivity (Wildman–Crippen MR) is 158 cm³/mol. The van der Waals surface area contributed by atoms with Gasteiger partial charge in [0.25, 0.3) is 5.69 Å².